The lowest BCUT2D eigenvalue weighted by molar-refractivity contribution is -0.121. The van der Waals surface area contributed by atoms with Crippen LogP contribution >= 0.6 is 0 Å². The molecule has 8 nitrogen and oxygen atoms in total. The van der Waals surface area contributed by atoms with Gasteiger partial charge in [-0.15, -0.1) is 0 Å². The molecular weight excluding hydrogens is 538 g/mol. The number of ether oxygens (including phenoxy) is 2. The average Bonchev–Trinajstić information content (AvgIpc) is 2.97. The minimum Gasteiger partial charge on any atom is -0.493 e. The van der Waals surface area contributed by atoms with E-state index in [1.165, 1.54) is 6.21 Å². The van der Waals surface area contributed by atoms with Gasteiger partial charge < -0.3 is 9.47 Å². The van der Waals surface area contributed by atoms with Crippen LogP contribution in [0.1, 0.15) is 27.8 Å². The zero-order chi connectivity index (χ0) is 29.2. The first kappa shape index (κ1) is 29.5. The van der Waals surface area contributed by atoms with Crippen LogP contribution in [0.2, 0.25) is 0 Å². The Morgan fingerprint density at radius 1 is 0.854 bits per heavy atom. The van der Waals surface area contributed by atoms with E-state index in [-0.39, 0.29) is 11.4 Å². The first-order valence-corrected chi connectivity index (χ1v) is 14.5. The molecule has 0 saturated carbocycles. The zero-order valence-corrected chi connectivity index (χ0v) is 24.1. The van der Waals surface area contributed by atoms with Crippen LogP contribution in [-0.2, 0) is 28.0 Å². The van der Waals surface area contributed by atoms with Crippen molar-refractivity contribution in [3.8, 4) is 11.5 Å². The Morgan fingerprint density at radius 2 is 1.59 bits per heavy atom. The van der Waals surface area contributed by atoms with E-state index in [0.717, 1.165) is 26.6 Å². The molecule has 1 N–H and O–H groups in total. The molecule has 0 unspecified atom stereocenters. The molecule has 212 valence electrons. The number of aryl methyl sites for hydroxylation is 2. The van der Waals surface area contributed by atoms with Crippen molar-refractivity contribution >= 4 is 22.1 Å². The predicted molar refractivity (Wildman–Crippen MR) is 159 cm³/mol. The van der Waals surface area contributed by atoms with Gasteiger partial charge in [-0.1, -0.05) is 77.9 Å². The van der Waals surface area contributed by atoms with Crippen LogP contribution in [0.3, 0.4) is 0 Å². The van der Waals surface area contributed by atoms with Crippen molar-refractivity contribution in [2.24, 2.45) is 5.10 Å². The molecule has 1 amide bonds. The molecule has 9 heteroatoms. The molecule has 0 spiro atoms. The molecule has 0 aromatic heterocycles. The third-order valence-corrected chi connectivity index (χ3v) is 8.05. The molecule has 0 aliphatic rings. The lowest BCUT2D eigenvalue weighted by atomic mass is 10.1. The third kappa shape index (κ3) is 8.26. The van der Waals surface area contributed by atoms with Crippen LogP contribution in [0.25, 0.3) is 0 Å². The fraction of sp³-hybridized carbons (Fsp3) is 0.188. The fourth-order valence-electron chi connectivity index (χ4n) is 4.09. The van der Waals surface area contributed by atoms with E-state index in [9.17, 15) is 13.2 Å². The quantitative estimate of drug-likeness (QED) is 0.186. The highest BCUT2D eigenvalue weighted by Crippen LogP contribution is 2.28. The summed E-state index contributed by atoms with van der Waals surface area (Å²) < 4.78 is 39.5. The van der Waals surface area contributed by atoms with Gasteiger partial charge in [0.15, 0.2) is 11.5 Å². The van der Waals surface area contributed by atoms with Crippen molar-refractivity contribution in [3.05, 3.63) is 125 Å². The van der Waals surface area contributed by atoms with Crippen molar-refractivity contribution < 1.29 is 22.7 Å². The molecular formula is C32H33N3O5S. The van der Waals surface area contributed by atoms with E-state index in [2.05, 4.69) is 10.5 Å². The van der Waals surface area contributed by atoms with Gasteiger partial charge in [0.1, 0.15) is 6.61 Å². The largest absolute Gasteiger partial charge is 0.493 e. The molecule has 0 atom stereocenters. The van der Waals surface area contributed by atoms with Crippen LogP contribution in [0.15, 0.2) is 107 Å². The first-order chi connectivity index (χ1) is 19.7. The molecule has 4 aromatic rings. The maximum Gasteiger partial charge on any atom is 0.255 e. The Bertz CT molecular complexity index is 1600. The number of carbonyl (C=O) groups is 1. The summed E-state index contributed by atoms with van der Waals surface area (Å²) in [6.45, 7) is 3.84. The van der Waals surface area contributed by atoms with Crippen molar-refractivity contribution in [1.29, 1.82) is 0 Å². The highest BCUT2D eigenvalue weighted by molar-refractivity contribution is 7.89. The van der Waals surface area contributed by atoms with Crippen LogP contribution in [0.4, 0.5) is 0 Å². The fourth-order valence-corrected chi connectivity index (χ4v) is 5.48. The molecule has 4 aromatic carbocycles. The van der Waals surface area contributed by atoms with E-state index < -0.39 is 22.5 Å². The van der Waals surface area contributed by atoms with E-state index in [0.29, 0.717) is 23.7 Å². The number of rotatable bonds is 12. The third-order valence-electron chi connectivity index (χ3n) is 6.25. The second-order valence-electron chi connectivity index (χ2n) is 9.55. The first-order valence-electron chi connectivity index (χ1n) is 13.0. The normalized spacial score (nSPS) is 11.5. The van der Waals surface area contributed by atoms with Gasteiger partial charge in [0.25, 0.3) is 5.91 Å². The maximum atomic E-state index is 13.5. The average molecular weight is 572 g/mol. The van der Waals surface area contributed by atoms with Gasteiger partial charge in [-0.3, -0.25) is 4.79 Å². The molecule has 41 heavy (non-hydrogen) atoms. The van der Waals surface area contributed by atoms with Gasteiger partial charge in [0, 0.05) is 6.54 Å². The number of carbonyl (C=O) groups excluding carboxylic acids is 1. The Hall–Kier alpha value is -4.47. The Kier molecular flexibility index (Phi) is 9.89. The molecule has 0 fully saturated rings. The van der Waals surface area contributed by atoms with Crippen molar-refractivity contribution in [1.82, 2.24) is 9.73 Å². The molecule has 0 aliphatic carbocycles. The number of hydrazone groups is 1. The number of nitrogens with zero attached hydrogens (tertiary/aromatic N) is 2. The van der Waals surface area contributed by atoms with Gasteiger partial charge in [-0.25, -0.2) is 13.8 Å². The molecule has 0 aliphatic heterocycles. The van der Waals surface area contributed by atoms with Gasteiger partial charge in [0.2, 0.25) is 10.0 Å². The molecule has 0 radical (unpaired) electrons. The zero-order valence-electron chi connectivity index (χ0n) is 23.3. The number of sulfonamides is 1. The number of hydrogen-bond donors (Lipinski definition) is 1. The summed E-state index contributed by atoms with van der Waals surface area (Å²) in [6, 6.07) is 29.2. The number of hydrogen-bond acceptors (Lipinski definition) is 6. The van der Waals surface area contributed by atoms with Crippen LogP contribution in [-0.4, -0.2) is 38.5 Å². The maximum absolute atomic E-state index is 13.5. The lowest BCUT2D eigenvalue weighted by Gasteiger charge is -2.22. The van der Waals surface area contributed by atoms with E-state index in [1.807, 2.05) is 68.4 Å². The van der Waals surface area contributed by atoms with Crippen molar-refractivity contribution in [3.63, 3.8) is 0 Å². The summed E-state index contributed by atoms with van der Waals surface area (Å²) in [4.78, 5) is 13.0. The Balaban J connectivity index is 1.44. The highest BCUT2D eigenvalue weighted by atomic mass is 32.2. The van der Waals surface area contributed by atoms with E-state index >= 15 is 0 Å². The number of benzene rings is 4. The Morgan fingerprint density at radius 3 is 2.29 bits per heavy atom. The molecule has 0 bridgehead atoms. The van der Waals surface area contributed by atoms with Gasteiger partial charge in [-0.2, -0.15) is 9.41 Å². The minimum absolute atomic E-state index is 0.0384. The van der Waals surface area contributed by atoms with E-state index in [4.69, 9.17) is 9.47 Å². The standard InChI is InChI=1S/C32H33N3O5S/c1-24-12-15-29(16-13-24)41(37,38)35(21-28-11-7-8-25(2)18-28)22-32(36)34-33-20-27-14-17-30(31(19-27)39-3)40-23-26-9-5-4-6-10-26/h4-20H,21-23H2,1-3H3,(H,34,36)/b33-20-. The minimum atomic E-state index is -3.95. The molecule has 0 saturated heterocycles. The SMILES string of the molecule is COc1cc(/C=N\NC(=O)CN(Cc2cccc(C)c2)S(=O)(=O)c2ccc(C)cc2)ccc1OCc1ccccc1. The summed E-state index contributed by atoms with van der Waals surface area (Å²) in [7, 11) is -2.40. The van der Waals surface area contributed by atoms with Crippen LogP contribution in [0, 0.1) is 13.8 Å². The summed E-state index contributed by atoms with van der Waals surface area (Å²) >= 11 is 0. The van der Waals surface area contributed by atoms with Gasteiger partial charge >= 0.3 is 0 Å². The molecule has 0 heterocycles. The van der Waals surface area contributed by atoms with Gasteiger partial charge in [0.05, 0.1) is 24.8 Å². The highest BCUT2D eigenvalue weighted by Gasteiger charge is 2.27. The monoisotopic (exact) mass is 571 g/mol. The lowest BCUT2D eigenvalue weighted by Crippen LogP contribution is -2.39. The predicted octanol–water partition coefficient (Wildman–Crippen LogP) is 5.23. The molecule has 4 rings (SSSR count). The summed E-state index contributed by atoms with van der Waals surface area (Å²) in [5, 5.41) is 4.04. The van der Waals surface area contributed by atoms with Gasteiger partial charge in [-0.05, 0) is 60.9 Å². The summed E-state index contributed by atoms with van der Waals surface area (Å²) in [5.41, 5.74) is 6.85. The second-order valence-corrected chi connectivity index (χ2v) is 11.5. The number of amides is 1. The van der Waals surface area contributed by atoms with Crippen LogP contribution in [0.5, 0.6) is 11.5 Å². The second kappa shape index (κ2) is 13.7. The number of methoxy groups -OCH3 is 1. The van der Waals surface area contributed by atoms with Crippen molar-refractivity contribution in [2.45, 2.75) is 31.9 Å². The van der Waals surface area contributed by atoms with Crippen molar-refractivity contribution in [2.75, 3.05) is 13.7 Å². The Labute approximate surface area is 241 Å². The number of nitrogens with one attached hydrogen (secondary N) is 1. The van der Waals surface area contributed by atoms with E-state index in [1.54, 1.807) is 49.6 Å². The summed E-state index contributed by atoms with van der Waals surface area (Å²) in [6.07, 6.45) is 1.46. The smallest absolute Gasteiger partial charge is 0.255 e. The van der Waals surface area contributed by atoms with Crippen LogP contribution < -0.4 is 14.9 Å². The topological polar surface area (TPSA) is 97.3 Å². The summed E-state index contributed by atoms with van der Waals surface area (Å²) in [5.74, 6) is 0.523.